The summed E-state index contributed by atoms with van der Waals surface area (Å²) in [5.74, 6) is 0.437. The molecule has 94 valence electrons. The number of nitrogens with one attached hydrogen (secondary N) is 2. The van der Waals surface area contributed by atoms with Gasteiger partial charge in [0.15, 0.2) is 5.76 Å². The molecule has 0 fully saturated rings. The molecule has 0 aliphatic rings. The van der Waals surface area contributed by atoms with Crippen LogP contribution in [-0.4, -0.2) is 22.6 Å². The Morgan fingerprint density at radius 2 is 2.28 bits per heavy atom. The molecule has 2 aromatic heterocycles. The van der Waals surface area contributed by atoms with Gasteiger partial charge in [0.05, 0.1) is 30.2 Å². The number of hydrogen-bond acceptors (Lipinski definition) is 5. The van der Waals surface area contributed by atoms with Crippen LogP contribution in [0.2, 0.25) is 0 Å². The molecular weight excluding hydrogens is 232 g/mol. The number of amides is 1. The first-order valence-corrected chi connectivity index (χ1v) is 5.67. The Bertz CT molecular complexity index is 511. The van der Waals surface area contributed by atoms with Crippen molar-refractivity contribution in [3.05, 3.63) is 42.0 Å². The monoisotopic (exact) mass is 246 g/mol. The van der Waals surface area contributed by atoms with Gasteiger partial charge >= 0.3 is 0 Å². The molecular formula is C12H14N4O2. The smallest absolute Gasteiger partial charge is 0.253 e. The lowest BCUT2D eigenvalue weighted by Gasteiger charge is -2.09. The number of pyridine rings is 1. The predicted octanol–water partition coefficient (Wildman–Crippen LogP) is 1.43. The second kappa shape index (κ2) is 5.81. The molecule has 2 aromatic rings. The Labute approximate surface area is 104 Å². The van der Waals surface area contributed by atoms with Gasteiger partial charge in [0.1, 0.15) is 0 Å². The lowest BCUT2D eigenvalue weighted by Crippen LogP contribution is -2.23. The number of aromatic nitrogens is 2. The van der Waals surface area contributed by atoms with Crippen LogP contribution in [0.3, 0.4) is 0 Å². The Morgan fingerprint density at radius 3 is 3.00 bits per heavy atom. The van der Waals surface area contributed by atoms with Gasteiger partial charge in [-0.1, -0.05) is 5.16 Å². The van der Waals surface area contributed by atoms with Crippen molar-refractivity contribution in [3.63, 3.8) is 0 Å². The van der Waals surface area contributed by atoms with Crippen LogP contribution in [0, 0.1) is 0 Å². The number of rotatable bonds is 5. The zero-order chi connectivity index (χ0) is 12.8. The van der Waals surface area contributed by atoms with Gasteiger partial charge in [-0.25, -0.2) is 0 Å². The van der Waals surface area contributed by atoms with Crippen molar-refractivity contribution in [2.24, 2.45) is 0 Å². The van der Waals surface area contributed by atoms with Crippen LogP contribution in [0.25, 0.3) is 0 Å². The summed E-state index contributed by atoms with van der Waals surface area (Å²) < 4.78 is 4.90. The molecule has 2 heterocycles. The lowest BCUT2D eigenvalue weighted by molar-refractivity contribution is 0.0948. The van der Waals surface area contributed by atoms with Crippen molar-refractivity contribution in [1.29, 1.82) is 0 Å². The molecule has 1 amide bonds. The molecule has 2 rings (SSSR count). The first-order valence-electron chi connectivity index (χ1n) is 5.67. The highest BCUT2D eigenvalue weighted by atomic mass is 16.5. The molecule has 0 radical (unpaired) electrons. The molecule has 0 unspecified atom stereocenters. The van der Waals surface area contributed by atoms with Crippen LogP contribution >= 0.6 is 0 Å². The van der Waals surface area contributed by atoms with E-state index in [0.29, 0.717) is 17.9 Å². The minimum atomic E-state index is -0.176. The van der Waals surface area contributed by atoms with Crippen molar-refractivity contribution in [3.8, 4) is 0 Å². The van der Waals surface area contributed by atoms with E-state index < -0.39 is 0 Å². The largest absolute Gasteiger partial charge is 0.383 e. The zero-order valence-corrected chi connectivity index (χ0v) is 10.0. The molecule has 0 aliphatic heterocycles. The fourth-order valence-electron chi connectivity index (χ4n) is 1.52. The van der Waals surface area contributed by atoms with Crippen LogP contribution in [0.4, 0.5) is 5.69 Å². The predicted molar refractivity (Wildman–Crippen MR) is 66.1 cm³/mol. The molecule has 6 nitrogen and oxygen atoms in total. The van der Waals surface area contributed by atoms with Gasteiger partial charge in [0.25, 0.3) is 5.91 Å². The van der Waals surface area contributed by atoms with Gasteiger partial charge in [-0.3, -0.25) is 9.78 Å². The summed E-state index contributed by atoms with van der Waals surface area (Å²) in [7, 11) is 0. The highest BCUT2D eigenvalue weighted by Gasteiger charge is 2.11. The number of hydrogen-bond donors (Lipinski definition) is 2. The van der Waals surface area contributed by atoms with E-state index in [-0.39, 0.29) is 5.91 Å². The summed E-state index contributed by atoms with van der Waals surface area (Å²) in [6.45, 7) is 3.00. The normalized spacial score (nSPS) is 10.1. The third-order valence-electron chi connectivity index (χ3n) is 2.35. The Morgan fingerprint density at radius 1 is 1.39 bits per heavy atom. The highest BCUT2D eigenvalue weighted by Crippen LogP contribution is 2.13. The lowest BCUT2D eigenvalue weighted by atomic mass is 10.2. The van der Waals surface area contributed by atoms with E-state index in [1.807, 2.05) is 6.92 Å². The molecule has 0 saturated heterocycles. The molecule has 0 atom stereocenters. The van der Waals surface area contributed by atoms with Crippen LogP contribution in [0.5, 0.6) is 0 Å². The van der Waals surface area contributed by atoms with Crippen molar-refractivity contribution in [1.82, 2.24) is 15.5 Å². The molecule has 0 aromatic carbocycles. The third kappa shape index (κ3) is 2.85. The maximum absolute atomic E-state index is 12.0. The fraction of sp³-hybridized carbons (Fsp3) is 0.250. The van der Waals surface area contributed by atoms with Gasteiger partial charge in [-0.15, -0.1) is 0 Å². The van der Waals surface area contributed by atoms with Crippen LogP contribution in [0.1, 0.15) is 23.0 Å². The quantitative estimate of drug-likeness (QED) is 0.834. The van der Waals surface area contributed by atoms with E-state index in [1.54, 1.807) is 24.5 Å². The summed E-state index contributed by atoms with van der Waals surface area (Å²) >= 11 is 0. The fourth-order valence-corrected chi connectivity index (χ4v) is 1.52. The topological polar surface area (TPSA) is 80.0 Å². The Hall–Kier alpha value is -2.37. The molecule has 18 heavy (non-hydrogen) atoms. The van der Waals surface area contributed by atoms with Gasteiger partial charge in [0, 0.05) is 18.8 Å². The second-order valence-corrected chi connectivity index (χ2v) is 3.61. The first kappa shape index (κ1) is 12.1. The number of carbonyl (C=O) groups is 1. The Balaban J connectivity index is 2.04. The summed E-state index contributed by atoms with van der Waals surface area (Å²) in [6, 6.07) is 3.38. The molecule has 0 bridgehead atoms. The van der Waals surface area contributed by atoms with Gasteiger partial charge in [-0.2, -0.15) is 0 Å². The molecule has 0 saturated carbocycles. The maximum Gasteiger partial charge on any atom is 0.253 e. The molecule has 6 heteroatoms. The zero-order valence-electron chi connectivity index (χ0n) is 10.0. The van der Waals surface area contributed by atoms with Crippen LogP contribution < -0.4 is 10.6 Å². The van der Waals surface area contributed by atoms with Gasteiger partial charge < -0.3 is 15.2 Å². The average molecular weight is 246 g/mol. The highest BCUT2D eigenvalue weighted by molar-refractivity contribution is 5.99. The van der Waals surface area contributed by atoms with Crippen LogP contribution in [-0.2, 0) is 6.54 Å². The standard InChI is InChI=1S/C12H14N4O2/c1-2-14-11-8-13-5-4-10(11)12(17)15-7-9-3-6-16-18-9/h3-6,8,14H,2,7H2,1H3,(H,15,17). The number of nitrogens with zero attached hydrogens (tertiary/aromatic N) is 2. The second-order valence-electron chi connectivity index (χ2n) is 3.61. The Kier molecular flexibility index (Phi) is 3.90. The molecule has 0 aliphatic carbocycles. The number of anilines is 1. The van der Waals surface area contributed by atoms with Crippen molar-refractivity contribution >= 4 is 11.6 Å². The minimum absolute atomic E-state index is 0.176. The maximum atomic E-state index is 12.0. The van der Waals surface area contributed by atoms with E-state index in [2.05, 4.69) is 20.8 Å². The SMILES string of the molecule is CCNc1cnccc1C(=O)NCc1ccno1. The number of carbonyl (C=O) groups excluding carboxylic acids is 1. The van der Waals surface area contributed by atoms with Crippen LogP contribution in [0.15, 0.2) is 35.2 Å². The summed E-state index contributed by atoms with van der Waals surface area (Å²) in [4.78, 5) is 16.0. The van der Waals surface area contributed by atoms with Gasteiger partial charge in [0.2, 0.25) is 0 Å². The van der Waals surface area contributed by atoms with E-state index in [1.165, 1.54) is 6.20 Å². The minimum Gasteiger partial charge on any atom is -0.383 e. The average Bonchev–Trinajstić information content (AvgIpc) is 2.90. The summed E-state index contributed by atoms with van der Waals surface area (Å²) in [5.41, 5.74) is 1.28. The van der Waals surface area contributed by atoms with Crippen molar-refractivity contribution in [2.45, 2.75) is 13.5 Å². The van der Waals surface area contributed by atoms with Crippen molar-refractivity contribution in [2.75, 3.05) is 11.9 Å². The first-order chi connectivity index (χ1) is 8.81. The molecule has 0 spiro atoms. The summed E-state index contributed by atoms with van der Waals surface area (Å²) in [5, 5.41) is 9.42. The molecule has 2 N–H and O–H groups in total. The van der Waals surface area contributed by atoms with Gasteiger partial charge in [-0.05, 0) is 13.0 Å². The van der Waals surface area contributed by atoms with Crippen molar-refractivity contribution < 1.29 is 9.32 Å². The van der Waals surface area contributed by atoms with E-state index >= 15 is 0 Å². The van der Waals surface area contributed by atoms with E-state index in [0.717, 1.165) is 12.2 Å². The van der Waals surface area contributed by atoms with E-state index in [9.17, 15) is 4.79 Å². The third-order valence-corrected chi connectivity index (χ3v) is 2.35. The summed E-state index contributed by atoms with van der Waals surface area (Å²) in [6.07, 6.45) is 4.76. The van der Waals surface area contributed by atoms with E-state index in [4.69, 9.17) is 4.52 Å².